The molecule has 4 atom stereocenters. The summed E-state index contributed by atoms with van der Waals surface area (Å²) in [5.74, 6) is 0.378. The normalized spacial score (nSPS) is 24.9. The molecule has 1 saturated heterocycles. The summed E-state index contributed by atoms with van der Waals surface area (Å²) in [6.07, 6.45) is 5.20. The number of benzene rings is 1. The molecule has 37 heavy (non-hydrogen) atoms. The van der Waals surface area contributed by atoms with Gasteiger partial charge in [-0.2, -0.15) is 4.68 Å². The standard InChI is InChI=1S/C26H27N7O4/c1-14-16(4-5-18-20(14)12-37-26(18)36)23(34)11-31-6-7-32(22-9-21(22)31)25(35)17-3-2-15-8-24(27-10-19(15)17)33-13-28-29-30-33/h4-5,8,10,13,17,21-23,34H,2-3,6-7,9,11-12H2,1H3/t17?,21?,22?,23-/m0/s1. The Morgan fingerprint density at radius 1 is 1.27 bits per heavy atom. The molecule has 0 spiro atoms. The Kier molecular flexibility index (Phi) is 5.12. The van der Waals surface area contributed by atoms with Crippen LogP contribution in [0.15, 0.2) is 30.7 Å². The van der Waals surface area contributed by atoms with Gasteiger partial charge in [0.25, 0.3) is 0 Å². The fraction of sp³-hybridized carbons (Fsp3) is 0.462. The Labute approximate surface area is 213 Å². The Morgan fingerprint density at radius 2 is 2.16 bits per heavy atom. The Balaban J connectivity index is 1.02. The first kappa shape index (κ1) is 22.5. The van der Waals surface area contributed by atoms with Crippen molar-refractivity contribution < 1.29 is 19.4 Å². The van der Waals surface area contributed by atoms with E-state index in [-0.39, 0.29) is 36.5 Å². The number of pyridine rings is 1. The zero-order valence-corrected chi connectivity index (χ0v) is 20.4. The van der Waals surface area contributed by atoms with Gasteiger partial charge in [0.2, 0.25) is 5.91 Å². The number of cyclic esters (lactones) is 1. The number of esters is 1. The third-order valence-electron chi connectivity index (χ3n) is 8.45. The summed E-state index contributed by atoms with van der Waals surface area (Å²) in [6.45, 7) is 4.10. The van der Waals surface area contributed by atoms with E-state index in [4.69, 9.17) is 4.74 Å². The van der Waals surface area contributed by atoms with Crippen LogP contribution in [0.5, 0.6) is 0 Å². The number of carbonyl (C=O) groups is 2. The number of nitrogens with zero attached hydrogens (tertiary/aromatic N) is 7. The van der Waals surface area contributed by atoms with Gasteiger partial charge >= 0.3 is 5.97 Å². The Bertz CT molecular complexity index is 1410. The average Bonchev–Trinajstić information content (AvgIpc) is 3.23. The van der Waals surface area contributed by atoms with Crippen LogP contribution in [0.2, 0.25) is 0 Å². The SMILES string of the molecule is Cc1c([C@@H](O)CN2CCN(C(=O)C3CCc4cc(-n5cnnn5)ncc43)C3CC32)ccc2c1COC2=O. The largest absolute Gasteiger partial charge is 0.457 e. The highest BCUT2D eigenvalue weighted by Crippen LogP contribution is 2.42. The molecule has 4 aliphatic rings. The first-order valence-corrected chi connectivity index (χ1v) is 12.7. The molecule has 3 aromatic rings. The van der Waals surface area contributed by atoms with Crippen LogP contribution >= 0.6 is 0 Å². The fourth-order valence-electron chi connectivity index (χ4n) is 6.34. The highest BCUT2D eigenvalue weighted by molar-refractivity contribution is 5.94. The lowest BCUT2D eigenvalue weighted by atomic mass is 9.95. The van der Waals surface area contributed by atoms with Crippen LogP contribution in [0.25, 0.3) is 5.82 Å². The highest BCUT2D eigenvalue weighted by Gasteiger charge is 2.52. The number of fused-ring (bicyclic) bond motifs is 3. The molecule has 190 valence electrons. The fourth-order valence-corrected chi connectivity index (χ4v) is 6.34. The number of amides is 1. The van der Waals surface area contributed by atoms with E-state index in [0.717, 1.165) is 53.6 Å². The van der Waals surface area contributed by atoms with Gasteiger partial charge in [0.05, 0.1) is 17.6 Å². The summed E-state index contributed by atoms with van der Waals surface area (Å²) in [6, 6.07) is 6.03. The number of rotatable bonds is 5. The van der Waals surface area contributed by atoms with E-state index in [1.165, 1.54) is 11.0 Å². The molecule has 2 fully saturated rings. The molecular formula is C26H27N7O4. The summed E-state index contributed by atoms with van der Waals surface area (Å²) in [5, 5.41) is 22.3. The Hall–Kier alpha value is -3.70. The molecule has 4 heterocycles. The van der Waals surface area contributed by atoms with Crippen molar-refractivity contribution in [3.8, 4) is 5.82 Å². The third kappa shape index (κ3) is 3.64. The van der Waals surface area contributed by atoms with Crippen LogP contribution in [0.4, 0.5) is 0 Å². The Morgan fingerprint density at radius 3 is 3.00 bits per heavy atom. The van der Waals surface area contributed by atoms with Gasteiger partial charge in [-0.25, -0.2) is 9.78 Å². The molecule has 11 nitrogen and oxygen atoms in total. The maximum absolute atomic E-state index is 13.6. The lowest BCUT2D eigenvalue weighted by molar-refractivity contribution is -0.135. The number of aliphatic hydroxyl groups excluding tert-OH is 1. The van der Waals surface area contributed by atoms with Crippen LogP contribution in [0, 0.1) is 6.92 Å². The summed E-state index contributed by atoms with van der Waals surface area (Å²) in [7, 11) is 0. The number of carbonyl (C=O) groups excluding carboxylic acids is 2. The van der Waals surface area contributed by atoms with E-state index in [1.54, 1.807) is 12.3 Å². The van der Waals surface area contributed by atoms with Crippen molar-refractivity contribution in [3.05, 3.63) is 64.1 Å². The second kappa shape index (κ2) is 8.42. The molecule has 11 heteroatoms. The van der Waals surface area contributed by atoms with E-state index < -0.39 is 6.10 Å². The van der Waals surface area contributed by atoms with Crippen molar-refractivity contribution >= 4 is 11.9 Å². The first-order valence-electron chi connectivity index (χ1n) is 12.7. The van der Waals surface area contributed by atoms with Gasteiger partial charge in [-0.15, -0.1) is 5.10 Å². The smallest absolute Gasteiger partial charge is 0.338 e. The topological polar surface area (TPSA) is 127 Å². The van der Waals surface area contributed by atoms with Crippen molar-refractivity contribution in [1.82, 2.24) is 35.0 Å². The number of aliphatic hydroxyl groups is 1. The van der Waals surface area contributed by atoms with E-state index in [1.807, 2.05) is 24.0 Å². The van der Waals surface area contributed by atoms with Crippen molar-refractivity contribution in [2.24, 2.45) is 0 Å². The van der Waals surface area contributed by atoms with E-state index >= 15 is 0 Å². The van der Waals surface area contributed by atoms with Gasteiger partial charge in [0.1, 0.15) is 12.9 Å². The number of tetrazole rings is 1. The maximum atomic E-state index is 13.6. The summed E-state index contributed by atoms with van der Waals surface area (Å²) >= 11 is 0. The van der Waals surface area contributed by atoms with Crippen LogP contribution in [0.1, 0.15) is 63.0 Å². The van der Waals surface area contributed by atoms with Crippen molar-refractivity contribution in [2.75, 3.05) is 19.6 Å². The van der Waals surface area contributed by atoms with Crippen molar-refractivity contribution in [3.63, 3.8) is 0 Å². The van der Waals surface area contributed by atoms with Gasteiger partial charge in [0.15, 0.2) is 5.82 Å². The lowest BCUT2D eigenvalue weighted by Crippen LogP contribution is -2.50. The minimum absolute atomic E-state index is 0.164. The van der Waals surface area contributed by atoms with Crippen molar-refractivity contribution in [2.45, 2.75) is 56.9 Å². The molecule has 2 aliphatic carbocycles. The molecule has 1 N–H and O–H groups in total. The molecule has 3 unspecified atom stereocenters. The third-order valence-corrected chi connectivity index (χ3v) is 8.45. The van der Waals surface area contributed by atoms with Gasteiger partial charge in [-0.3, -0.25) is 9.69 Å². The van der Waals surface area contributed by atoms with Crippen LogP contribution in [0.3, 0.4) is 0 Å². The average molecular weight is 502 g/mol. The quantitative estimate of drug-likeness (QED) is 0.511. The summed E-state index contributed by atoms with van der Waals surface area (Å²) in [4.78, 5) is 34.3. The zero-order chi connectivity index (χ0) is 25.3. The number of ether oxygens (including phenoxy) is 1. The summed E-state index contributed by atoms with van der Waals surface area (Å²) in [5.41, 5.74) is 5.37. The first-order chi connectivity index (χ1) is 18.0. The molecule has 2 aliphatic heterocycles. The number of β-amino-alcohol motifs (C(OH)–C–C–N with tert-alkyl or cyclic N) is 1. The maximum Gasteiger partial charge on any atom is 0.338 e. The highest BCUT2D eigenvalue weighted by atomic mass is 16.5. The summed E-state index contributed by atoms with van der Waals surface area (Å²) < 4.78 is 6.68. The molecule has 0 bridgehead atoms. The van der Waals surface area contributed by atoms with Gasteiger partial charge in [-0.05, 0) is 71.0 Å². The predicted molar refractivity (Wildman–Crippen MR) is 129 cm³/mol. The second-order valence-electron chi connectivity index (χ2n) is 10.4. The van der Waals surface area contributed by atoms with Crippen LogP contribution in [-0.2, 0) is 22.6 Å². The second-order valence-corrected chi connectivity index (χ2v) is 10.4. The van der Waals surface area contributed by atoms with Crippen LogP contribution < -0.4 is 0 Å². The van der Waals surface area contributed by atoms with Gasteiger partial charge in [-0.1, -0.05) is 6.07 Å². The lowest BCUT2D eigenvalue weighted by Gasteiger charge is -2.36. The minimum atomic E-state index is -0.660. The van der Waals surface area contributed by atoms with E-state index in [2.05, 4.69) is 25.4 Å². The number of aromatic nitrogens is 5. The van der Waals surface area contributed by atoms with E-state index in [0.29, 0.717) is 24.5 Å². The van der Waals surface area contributed by atoms with E-state index in [9.17, 15) is 14.7 Å². The van der Waals surface area contributed by atoms with Crippen molar-refractivity contribution in [1.29, 1.82) is 0 Å². The number of hydrogen-bond donors (Lipinski definition) is 1. The molecular weight excluding hydrogens is 474 g/mol. The molecule has 0 radical (unpaired) electrons. The molecule has 1 aromatic carbocycles. The predicted octanol–water partition coefficient (Wildman–Crippen LogP) is 1.08. The number of aryl methyl sites for hydroxylation is 1. The number of hydrogen-bond acceptors (Lipinski definition) is 9. The molecule has 2 aromatic heterocycles. The minimum Gasteiger partial charge on any atom is -0.457 e. The van der Waals surface area contributed by atoms with Crippen LogP contribution in [-0.4, -0.2) is 83.7 Å². The van der Waals surface area contributed by atoms with Gasteiger partial charge < -0.3 is 14.7 Å². The monoisotopic (exact) mass is 501 g/mol. The zero-order valence-electron chi connectivity index (χ0n) is 20.4. The molecule has 1 saturated carbocycles. The molecule has 7 rings (SSSR count). The number of piperazine rings is 1. The molecule has 1 amide bonds. The van der Waals surface area contributed by atoms with Gasteiger partial charge in [0, 0.05) is 43.5 Å².